The van der Waals surface area contributed by atoms with Crippen LogP contribution in [0.2, 0.25) is 0 Å². The molecule has 0 amide bonds. The Hall–Kier alpha value is -1.47. The third-order valence-corrected chi connectivity index (χ3v) is 3.44. The van der Waals surface area contributed by atoms with Gasteiger partial charge in [-0.3, -0.25) is 0 Å². The smallest absolute Gasteiger partial charge is 0.320 e. The van der Waals surface area contributed by atoms with Gasteiger partial charge < -0.3 is 5.73 Å². The van der Waals surface area contributed by atoms with Crippen LogP contribution < -0.4 is 5.73 Å². The van der Waals surface area contributed by atoms with E-state index in [2.05, 4.69) is 15.9 Å². The predicted octanol–water partition coefficient (Wildman–Crippen LogP) is 4.79. The topological polar surface area (TPSA) is 26.0 Å². The molecule has 0 aromatic heterocycles. The summed E-state index contributed by atoms with van der Waals surface area (Å²) in [6.07, 6.45) is -4.78. The Morgan fingerprint density at radius 2 is 1.62 bits per heavy atom. The van der Waals surface area contributed by atoms with Gasteiger partial charge in [-0.15, -0.1) is 0 Å². The van der Waals surface area contributed by atoms with Gasteiger partial charge in [-0.2, -0.15) is 13.2 Å². The van der Waals surface area contributed by atoms with E-state index in [4.69, 9.17) is 5.73 Å². The minimum atomic E-state index is -4.78. The van der Waals surface area contributed by atoms with Crippen LogP contribution >= 0.6 is 15.9 Å². The summed E-state index contributed by atoms with van der Waals surface area (Å²) >= 11 is 3.14. The highest BCUT2D eigenvalue weighted by atomic mass is 79.9. The molecule has 0 spiro atoms. The number of hydrogen-bond acceptors (Lipinski definition) is 1. The van der Waals surface area contributed by atoms with E-state index in [0.29, 0.717) is 16.6 Å². The van der Waals surface area contributed by atoms with Crippen molar-refractivity contribution in [1.29, 1.82) is 0 Å². The molecule has 2 aromatic rings. The predicted molar refractivity (Wildman–Crippen MR) is 71.5 cm³/mol. The first kappa shape index (κ1) is 15.9. The van der Waals surface area contributed by atoms with E-state index in [1.54, 1.807) is 0 Å². The standard InChI is InChI=1S/C14H9BrF5N/c15-8-2-4-11(16)9(6-8)13(21)7-1-3-10(12(17)5-7)14(18,19)20/h1-6,13H,21H2. The fraction of sp³-hybridized carbons (Fsp3) is 0.143. The molecule has 1 unspecified atom stereocenters. The fourth-order valence-corrected chi connectivity index (χ4v) is 2.27. The monoisotopic (exact) mass is 365 g/mol. The number of nitrogens with two attached hydrogens (primary N) is 1. The van der Waals surface area contributed by atoms with E-state index >= 15 is 0 Å². The number of benzene rings is 2. The molecule has 0 heterocycles. The van der Waals surface area contributed by atoms with Gasteiger partial charge in [0, 0.05) is 10.0 Å². The molecular weight excluding hydrogens is 357 g/mol. The Morgan fingerprint density at radius 3 is 2.19 bits per heavy atom. The molecule has 0 saturated carbocycles. The van der Waals surface area contributed by atoms with Crippen LogP contribution in [-0.4, -0.2) is 0 Å². The zero-order valence-corrected chi connectivity index (χ0v) is 12.0. The molecule has 0 bridgehead atoms. The van der Waals surface area contributed by atoms with Gasteiger partial charge in [0.1, 0.15) is 11.6 Å². The van der Waals surface area contributed by atoms with Crippen molar-refractivity contribution in [2.45, 2.75) is 12.2 Å². The first-order valence-corrected chi connectivity index (χ1v) is 6.56. The van der Waals surface area contributed by atoms with Crippen molar-refractivity contribution in [3.05, 3.63) is 69.2 Å². The lowest BCUT2D eigenvalue weighted by molar-refractivity contribution is -0.140. The van der Waals surface area contributed by atoms with Gasteiger partial charge in [-0.1, -0.05) is 22.0 Å². The summed E-state index contributed by atoms with van der Waals surface area (Å²) in [7, 11) is 0. The molecule has 1 nitrogen and oxygen atoms in total. The average molecular weight is 366 g/mol. The van der Waals surface area contributed by atoms with Crippen molar-refractivity contribution in [2.24, 2.45) is 5.73 Å². The lowest BCUT2D eigenvalue weighted by Crippen LogP contribution is -2.15. The van der Waals surface area contributed by atoms with Gasteiger partial charge in [0.05, 0.1) is 11.6 Å². The Balaban J connectivity index is 2.43. The first-order valence-electron chi connectivity index (χ1n) is 5.77. The van der Waals surface area contributed by atoms with Crippen molar-refractivity contribution in [1.82, 2.24) is 0 Å². The van der Waals surface area contributed by atoms with Crippen molar-refractivity contribution < 1.29 is 22.0 Å². The Labute approximate surface area is 125 Å². The Morgan fingerprint density at radius 1 is 0.952 bits per heavy atom. The first-order chi connectivity index (χ1) is 9.70. The number of halogens is 6. The molecule has 21 heavy (non-hydrogen) atoms. The zero-order valence-electron chi connectivity index (χ0n) is 10.4. The maximum atomic E-state index is 13.7. The van der Waals surface area contributed by atoms with Crippen LogP contribution in [-0.2, 0) is 6.18 Å². The Bertz CT molecular complexity index is 669. The molecule has 7 heteroatoms. The van der Waals surface area contributed by atoms with E-state index in [-0.39, 0.29) is 11.1 Å². The molecule has 112 valence electrons. The van der Waals surface area contributed by atoms with Gasteiger partial charge in [-0.25, -0.2) is 8.78 Å². The summed E-state index contributed by atoms with van der Waals surface area (Å²) in [6.45, 7) is 0. The van der Waals surface area contributed by atoms with Gasteiger partial charge >= 0.3 is 6.18 Å². The van der Waals surface area contributed by atoms with E-state index in [1.165, 1.54) is 18.2 Å². The summed E-state index contributed by atoms with van der Waals surface area (Å²) in [4.78, 5) is 0. The van der Waals surface area contributed by atoms with Crippen molar-refractivity contribution >= 4 is 15.9 Å². The minimum absolute atomic E-state index is 0.0532. The van der Waals surface area contributed by atoms with Crippen LogP contribution in [0.15, 0.2) is 40.9 Å². The van der Waals surface area contributed by atoms with Gasteiger partial charge in [0.15, 0.2) is 0 Å². The number of rotatable bonds is 2. The second-order valence-corrected chi connectivity index (χ2v) is 5.30. The molecule has 0 radical (unpaired) electrons. The van der Waals surface area contributed by atoms with E-state index in [9.17, 15) is 22.0 Å². The highest BCUT2D eigenvalue weighted by Gasteiger charge is 2.34. The van der Waals surface area contributed by atoms with Crippen molar-refractivity contribution in [3.63, 3.8) is 0 Å². The maximum Gasteiger partial charge on any atom is 0.419 e. The van der Waals surface area contributed by atoms with Crippen LogP contribution in [0.1, 0.15) is 22.7 Å². The van der Waals surface area contributed by atoms with E-state index in [0.717, 1.165) is 6.07 Å². The van der Waals surface area contributed by atoms with Crippen LogP contribution in [0.3, 0.4) is 0 Å². The number of hydrogen-bond donors (Lipinski definition) is 1. The summed E-state index contributed by atoms with van der Waals surface area (Å²) in [5.74, 6) is -2.06. The zero-order chi connectivity index (χ0) is 15.8. The minimum Gasteiger partial charge on any atom is -0.320 e. The molecule has 2 aromatic carbocycles. The van der Waals surface area contributed by atoms with Gasteiger partial charge in [-0.05, 0) is 35.9 Å². The van der Waals surface area contributed by atoms with Gasteiger partial charge in [0.25, 0.3) is 0 Å². The normalized spacial score (nSPS) is 13.3. The molecule has 0 aliphatic heterocycles. The second-order valence-electron chi connectivity index (χ2n) is 4.38. The van der Waals surface area contributed by atoms with Crippen LogP contribution in [0, 0.1) is 11.6 Å². The third-order valence-electron chi connectivity index (χ3n) is 2.95. The third kappa shape index (κ3) is 3.41. The Kier molecular flexibility index (Phi) is 4.34. The molecule has 2 N–H and O–H groups in total. The molecule has 0 fully saturated rings. The average Bonchev–Trinajstić information content (AvgIpc) is 2.39. The molecule has 1 atom stereocenters. The van der Waals surface area contributed by atoms with Crippen molar-refractivity contribution in [2.75, 3.05) is 0 Å². The summed E-state index contributed by atoms with van der Waals surface area (Å²) < 4.78 is 65.2. The molecule has 2 rings (SSSR count). The van der Waals surface area contributed by atoms with Crippen LogP contribution in [0.5, 0.6) is 0 Å². The van der Waals surface area contributed by atoms with E-state index in [1.807, 2.05) is 0 Å². The maximum absolute atomic E-state index is 13.7. The largest absolute Gasteiger partial charge is 0.419 e. The SMILES string of the molecule is NC(c1ccc(C(F)(F)F)c(F)c1)c1cc(Br)ccc1F. The van der Waals surface area contributed by atoms with Crippen LogP contribution in [0.25, 0.3) is 0 Å². The van der Waals surface area contributed by atoms with Gasteiger partial charge in [0.2, 0.25) is 0 Å². The summed E-state index contributed by atoms with van der Waals surface area (Å²) in [5, 5.41) is 0. The summed E-state index contributed by atoms with van der Waals surface area (Å²) in [5.41, 5.74) is 4.54. The van der Waals surface area contributed by atoms with Crippen LogP contribution in [0.4, 0.5) is 22.0 Å². The molecular formula is C14H9BrF5N. The van der Waals surface area contributed by atoms with Crippen molar-refractivity contribution in [3.8, 4) is 0 Å². The molecule has 0 aliphatic rings. The highest BCUT2D eigenvalue weighted by Crippen LogP contribution is 2.33. The fourth-order valence-electron chi connectivity index (χ4n) is 1.89. The van der Waals surface area contributed by atoms with E-state index < -0.39 is 29.4 Å². The molecule has 0 saturated heterocycles. The second kappa shape index (κ2) is 5.73. The highest BCUT2D eigenvalue weighted by molar-refractivity contribution is 9.10. The lowest BCUT2D eigenvalue weighted by Gasteiger charge is -2.16. The number of alkyl halides is 3. The quantitative estimate of drug-likeness (QED) is 0.760. The molecule has 0 aliphatic carbocycles. The lowest BCUT2D eigenvalue weighted by atomic mass is 9.98. The summed E-state index contributed by atoms with van der Waals surface area (Å²) in [6, 6.07) is 5.26.